The molecule has 11 heteroatoms. The largest absolute Gasteiger partial charge is 0.493 e. The van der Waals surface area contributed by atoms with Gasteiger partial charge in [-0.05, 0) is 12.1 Å². The number of urea groups is 1. The molecule has 5 atom stereocenters. The molecule has 2 aliphatic rings. The van der Waals surface area contributed by atoms with Crippen LogP contribution in [0.3, 0.4) is 0 Å². The second kappa shape index (κ2) is 8.26. The van der Waals surface area contributed by atoms with Gasteiger partial charge in [0.05, 0.1) is 56.1 Å². The molecular formula is C21H23N5O6. The van der Waals surface area contributed by atoms with Crippen molar-refractivity contribution in [3.05, 3.63) is 43.0 Å². The van der Waals surface area contributed by atoms with Crippen molar-refractivity contribution in [3.8, 4) is 11.5 Å². The molecule has 0 radical (unpaired) electrons. The number of nitrogens with zero attached hydrogens (tertiary/aromatic N) is 3. The summed E-state index contributed by atoms with van der Waals surface area (Å²) in [5.41, 5.74) is 1.91. The summed E-state index contributed by atoms with van der Waals surface area (Å²) in [4.78, 5) is 21.0. The number of ether oxygens (including phenoxy) is 4. The first kappa shape index (κ1) is 20.5. The van der Waals surface area contributed by atoms with Crippen LogP contribution in [0.1, 0.15) is 6.04 Å². The Kier molecular flexibility index (Phi) is 5.29. The zero-order valence-electron chi connectivity index (χ0n) is 17.5. The van der Waals surface area contributed by atoms with Crippen molar-refractivity contribution in [1.29, 1.82) is 0 Å². The minimum atomic E-state index is -0.994. The third-order valence-corrected chi connectivity index (χ3v) is 5.75. The summed E-state index contributed by atoms with van der Waals surface area (Å²) >= 11 is 0. The first-order valence-electron chi connectivity index (χ1n) is 10.1. The van der Waals surface area contributed by atoms with E-state index in [1.807, 2.05) is 0 Å². The lowest BCUT2D eigenvalue weighted by atomic mass is 9.95. The summed E-state index contributed by atoms with van der Waals surface area (Å²) in [5.74, 6) is 1.08. The lowest BCUT2D eigenvalue weighted by Crippen LogP contribution is -2.59. The molecule has 2 saturated heterocycles. The highest BCUT2D eigenvalue weighted by atomic mass is 16.7. The molecule has 2 aromatic heterocycles. The zero-order valence-corrected chi connectivity index (χ0v) is 17.5. The highest BCUT2D eigenvalue weighted by molar-refractivity contribution is 5.89. The molecule has 5 rings (SSSR count). The van der Waals surface area contributed by atoms with Crippen molar-refractivity contribution >= 4 is 22.8 Å². The molecule has 4 heterocycles. The van der Waals surface area contributed by atoms with Crippen molar-refractivity contribution < 1.29 is 28.8 Å². The minimum Gasteiger partial charge on any atom is -0.493 e. The van der Waals surface area contributed by atoms with E-state index < -0.39 is 36.6 Å². The van der Waals surface area contributed by atoms with Crippen molar-refractivity contribution in [3.63, 3.8) is 0 Å². The number of carbonyl (C=O) groups excluding carboxylic acids is 1. The summed E-state index contributed by atoms with van der Waals surface area (Å²) in [7, 11) is 3.10. The van der Waals surface area contributed by atoms with Crippen LogP contribution in [0, 0.1) is 0 Å². The van der Waals surface area contributed by atoms with E-state index in [0.29, 0.717) is 28.2 Å². The number of hydrogen-bond donors (Lipinski definition) is 3. The summed E-state index contributed by atoms with van der Waals surface area (Å²) in [6.45, 7) is 0.250. The lowest BCUT2D eigenvalue weighted by Gasteiger charge is -2.39. The number of aliphatic hydroxyl groups is 1. The SMILES string of the molecule is COc1cc2ncn(C3C4OCC(O4)C(NC(=O)Nc4cccnc4)C3O)c2cc1OC. The molecule has 2 aliphatic heterocycles. The van der Waals surface area contributed by atoms with Gasteiger partial charge < -0.3 is 39.3 Å². The molecule has 11 nitrogen and oxygen atoms in total. The summed E-state index contributed by atoms with van der Waals surface area (Å²) < 4.78 is 24.3. The molecule has 0 aliphatic carbocycles. The van der Waals surface area contributed by atoms with Gasteiger partial charge in [0.2, 0.25) is 0 Å². The van der Waals surface area contributed by atoms with Gasteiger partial charge >= 0.3 is 6.03 Å². The summed E-state index contributed by atoms with van der Waals surface area (Å²) in [6, 6.07) is 5.16. The van der Waals surface area contributed by atoms with Crippen molar-refractivity contribution in [1.82, 2.24) is 19.9 Å². The predicted molar refractivity (Wildman–Crippen MR) is 113 cm³/mol. The van der Waals surface area contributed by atoms with E-state index >= 15 is 0 Å². The second-order valence-electron chi connectivity index (χ2n) is 7.57. The van der Waals surface area contributed by atoms with Gasteiger partial charge in [-0.15, -0.1) is 0 Å². The molecular weight excluding hydrogens is 418 g/mol. The smallest absolute Gasteiger partial charge is 0.319 e. The molecule has 5 unspecified atom stereocenters. The fourth-order valence-electron chi connectivity index (χ4n) is 4.22. The number of amides is 2. The van der Waals surface area contributed by atoms with E-state index in [9.17, 15) is 9.90 Å². The van der Waals surface area contributed by atoms with Crippen LogP contribution in [-0.4, -0.2) is 71.0 Å². The number of aromatic nitrogens is 3. The van der Waals surface area contributed by atoms with Gasteiger partial charge in [-0.2, -0.15) is 0 Å². The average Bonchev–Trinajstić information content (AvgIpc) is 3.42. The number of methoxy groups -OCH3 is 2. The van der Waals surface area contributed by atoms with Gasteiger partial charge in [0.15, 0.2) is 17.8 Å². The number of aliphatic hydroxyl groups excluding tert-OH is 1. The fraction of sp³-hybridized carbons (Fsp3) is 0.381. The molecule has 0 spiro atoms. The Bertz CT molecular complexity index is 1120. The number of fused-ring (bicyclic) bond motifs is 3. The van der Waals surface area contributed by atoms with Gasteiger partial charge in [-0.1, -0.05) is 0 Å². The number of pyridine rings is 1. The third-order valence-electron chi connectivity index (χ3n) is 5.75. The normalized spacial score (nSPS) is 26.7. The van der Waals surface area contributed by atoms with Gasteiger partial charge in [0.25, 0.3) is 0 Å². The van der Waals surface area contributed by atoms with E-state index in [-0.39, 0.29) is 6.61 Å². The maximum Gasteiger partial charge on any atom is 0.319 e. The Morgan fingerprint density at radius 3 is 2.84 bits per heavy atom. The number of rotatable bonds is 5. The summed E-state index contributed by atoms with van der Waals surface area (Å²) in [5, 5.41) is 16.8. The Balaban J connectivity index is 1.43. The van der Waals surface area contributed by atoms with Gasteiger partial charge in [0, 0.05) is 18.3 Å². The molecule has 168 valence electrons. The first-order chi connectivity index (χ1) is 15.6. The van der Waals surface area contributed by atoms with Crippen LogP contribution in [0.5, 0.6) is 11.5 Å². The van der Waals surface area contributed by atoms with Crippen molar-refractivity contribution in [2.75, 3.05) is 26.1 Å². The third kappa shape index (κ3) is 3.49. The standard InChI is InChI=1S/C21H23N5O6/c1-29-14-6-12-13(7-15(14)30-2)26(10-23-12)18-19(27)17(16-9-31-20(18)32-16)25-21(28)24-11-4-3-5-22-8-11/h3-8,10,16-20,27H,9H2,1-2H3,(H2,24,25,28). The van der Waals surface area contributed by atoms with Crippen molar-refractivity contribution in [2.24, 2.45) is 0 Å². The maximum atomic E-state index is 12.6. The predicted octanol–water partition coefficient (Wildman–Crippen LogP) is 1.30. The Hall–Kier alpha value is -3.41. The molecule has 3 N–H and O–H groups in total. The van der Waals surface area contributed by atoms with Crippen LogP contribution in [0.15, 0.2) is 43.0 Å². The number of carbonyl (C=O) groups is 1. The fourth-order valence-corrected chi connectivity index (χ4v) is 4.22. The Morgan fingerprint density at radius 2 is 2.09 bits per heavy atom. The first-order valence-corrected chi connectivity index (χ1v) is 10.1. The second-order valence-corrected chi connectivity index (χ2v) is 7.57. The van der Waals surface area contributed by atoms with Gasteiger partial charge in [-0.3, -0.25) is 4.98 Å². The summed E-state index contributed by atoms with van der Waals surface area (Å²) in [6.07, 6.45) is 2.60. The average molecular weight is 441 g/mol. The van der Waals surface area contributed by atoms with Crippen LogP contribution >= 0.6 is 0 Å². The van der Waals surface area contributed by atoms with E-state index in [2.05, 4.69) is 20.6 Å². The molecule has 2 amide bonds. The number of hydrogen-bond acceptors (Lipinski definition) is 8. The van der Waals surface area contributed by atoms with Crippen LogP contribution in [0.2, 0.25) is 0 Å². The van der Waals surface area contributed by atoms with E-state index in [4.69, 9.17) is 18.9 Å². The van der Waals surface area contributed by atoms with Gasteiger partial charge in [0.1, 0.15) is 18.2 Å². The van der Waals surface area contributed by atoms with Crippen LogP contribution in [-0.2, 0) is 9.47 Å². The Morgan fingerprint density at radius 1 is 1.28 bits per heavy atom. The van der Waals surface area contributed by atoms with E-state index in [0.717, 1.165) is 0 Å². The van der Waals surface area contributed by atoms with Crippen LogP contribution in [0.4, 0.5) is 10.5 Å². The van der Waals surface area contributed by atoms with Crippen LogP contribution in [0.25, 0.3) is 11.0 Å². The Labute approximate surface area is 183 Å². The monoisotopic (exact) mass is 441 g/mol. The maximum absolute atomic E-state index is 12.6. The lowest BCUT2D eigenvalue weighted by molar-refractivity contribution is -0.162. The highest BCUT2D eigenvalue weighted by Gasteiger charge is 2.51. The molecule has 32 heavy (non-hydrogen) atoms. The molecule has 0 saturated carbocycles. The number of nitrogens with one attached hydrogen (secondary N) is 2. The zero-order chi connectivity index (χ0) is 22.2. The quantitative estimate of drug-likeness (QED) is 0.540. The number of anilines is 1. The molecule has 2 bridgehead atoms. The van der Waals surface area contributed by atoms with E-state index in [1.54, 1.807) is 55.6 Å². The number of imidazole rings is 1. The van der Waals surface area contributed by atoms with Crippen molar-refractivity contribution in [2.45, 2.75) is 30.6 Å². The minimum absolute atomic E-state index is 0.250. The highest BCUT2D eigenvalue weighted by Crippen LogP contribution is 2.39. The molecule has 3 aromatic rings. The topological polar surface area (TPSA) is 129 Å². The van der Waals surface area contributed by atoms with E-state index in [1.165, 1.54) is 6.20 Å². The molecule has 2 fully saturated rings. The van der Waals surface area contributed by atoms with Gasteiger partial charge in [-0.25, -0.2) is 9.78 Å². The number of benzene rings is 1. The van der Waals surface area contributed by atoms with Crippen LogP contribution < -0.4 is 20.1 Å². The molecule has 1 aromatic carbocycles.